The Balaban J connectivity index is 2.72. The lowest BCUT2D eigenvalue weighted by molar-refractivity contribution is 0.0689. The molecule has 0 atom stereocenters. The minimum Gasteiger partial charge on any atom is -0.476 e. The molecule has 1 heterocycles. The van der Waals surface area contributed by atoms with E-state index in [1.54, 1.807) is 10.7 Å². The van der Waals surface area contributed by atoms with Gasteiger partial charge in [-0.25, -0.2) is 4.79 Å². The molecule has 1 N–H and O–H groups in total. The molecule has 0 amide bonds. The van der Waals surface area contributed by atoms with Crippen molar-refractivity contribution in [2.75, 3.05) is 0 Å². The molecule has 0 unspecified atom stereocenters. The fourth-order valence-corrected chi connectivity index (χ4v) is 1.22. The summed E-state index contributed by atoms with van der Waals surface area (Å²) in [7, 11) is 0. The van der Waals surface area contributed by atoms with Crippen molar-refractivity contribution in [3.63, 3.8) is 0 Å². The van der Waals surface area contributed by atoms with E-state index >= 15 is 0 Å². The van der Waals surface area contributed by atoms with Gasteiger partial charge in [0, 0.05) is 12.2 Å². The van der Waals surface area contributed by atoms with Gasteiger partial charge in [-0.05, 0) is 25.3 Å². The molecule has 14 heavy (non-hydrogen) atoms. The smallest absolute Gasteiger partial charge is 0.356 e. The van der Waals surface area contributed by atoms with Gasteiger partial charge in [0.1, 0.15) is 0 Å². The van der Waals surface area contributed by atoms with Gasteiger partial charge in [0.05, 0.1) is 0 Å². The number of carbonyl (C=O) groups is 1. The topological polar surface area (TPSA) is 55.1 Å². The van der Waals surface area contributed by atoms with Gasteiger partial charge < -0.3 is 5.11 Å². The quantitative estimate of drug-likeness (QED) is 0.800. The largest absolute Gasteiger partial charge is 0.476 e. The first-order valence-corrected chi connectivity index (χ1v) is 4.78. The van der Waals surface area contributed by atoms with Gasteiger partial charge in [-0.15, -0.1) is 0 Å². The van der Waals surface area contributed by atoms with Crippen LogP contribution in [0.3, 0.4) is 0 Å². The number of aromatic nitrogens is 2. The number of aryl methyl sites for hydroxylation is 2. The Morgan fingerprint density at radius 2 is 2.29 bits per heavy atom. The Morgan fingerprint density at radius 3 is 2.71 bits per heavy atom. The van der Waals surface area contributed by atoms with E-state index in [4.69, 9.17) is 5.11 Å². The highest BCUT2D eigenvalue weighted by Gasteiger charge is 2.10. The summed E-state index contributed by atoms with van der Waals surface area (Å²) in [6.07, 6.45) is 1.02. The lowest BCUT2D eigenvalue weighted by Gasteiger charge is -2.06. The van der Waals surface area contributed by atoms with E-state index in [2.05, 4.69) is 18.9 Å². The highest BCUT2D eigenvalue weighted by molar-refractivity contribution is 5.85. The van der Waals surface area contributed by atoms with E-state index in [1.807, 2.05) is 6.92 Å². The number of aromatic carboxylic acids is 1. The minimum atomic E-state index is -0.962. The third-order valence-electron chi connectivity index (χ3n) is 2.12. The molecule has 0 bridgehead atoms. The van der Waals surface area contributed by atoms with Crippen LogP contribution >= 0.6 is 0 Å². The third kappa shape index (κ3) is 2.58. The molecule has 1 aromatic rings. The van der Waals surface area contributed by atoms with E-state index < -0.39 is 5.97 Å². The van der Waals surface area contributed by atoms with Crippen LogP contribution in [0.4, 0.5) is 0 Å². The maximum Gasteiger partial charge on any atom is 0.356 e. The Hall–Kier alpha value is -1.32. The summed E-state index contributed by atoms with van der Waals surface area (Å²) < 4.78 is 1.75. The van der Waals surface area contributed by atoms with Crippen molar-refractivity contribution >= 4 is 5.97 Å². The van der Waals surface area contributed by atoms with E-state index in [1.165, 1.54) is 0 Å². The Labute approximate surface area is 83.5 Å². The number of hydrogen-bond donors (Lipinski definition) is 1. The van der Waals surface area contributed by atoms with Crippen LogP contribution < -0.4 is 0 Å². The van der Waals surface area contributed by atoms with Crippen LogP contribution in [-0.2, 0) is 6.54 Å². The summed E-state index contributed by atoms with van der Waals surface area (Å²) in [5.41, 5.74) is 1.04. The summed E-state index contributed by atoms with van der Waals surface area (Å²) in [6.45, 7) is 6.93. The van der Waals surface area contributed by atoms with Crippen LogP contribution in [0, 0.1) is 12.8 Å². The van der Waals surface area contributed by atoms with E-state index in [0.717, 1.165) is 18.7 Å². The lowest BCUT2D eigenvalue weighted by atomic mass is 10.1. The number of nitrogens with zero attached hydrogens (tertiary/aromatic N) is 2. The first-order valence-electron chi connectivity index (χ1n) is 4.78. The molecule has 0 saturated heterocycles. The van der Waals surface area contributed by atoms with Crippen molar-refractivity contribution < 1.29 is 9.90 Å². The second kappa shape index (κ2) is 4.26. The number of carboxylic acid groups (broad SMARTS) is 1. The Morgan fingerprint density at radius 1 is 1.64 bits per heavy atom. The van der Waals surface area contributed by atoms with Gasteiger partial charge in [-0.2, -0.15) is 5.10 Å². The van der Waals surface area contributed by atoms with Crippen LogP contribution in [0.1, 0.15) is 36.5 Å². The first kappa shape index (κ1) is 10.8. The zero-order valence-corrected chi connectivity index (χ0v) is 8.82. The lowest BCUT2D eigenvalue weighted by Crippen LogP contribution is -2.06. The third-order valence-corrected chi connectivity index (χ3v) is 2.12. The predicted octanol–water partition coefficient (Wildman–Crippen LogP) is 1.94. The number of rotatable bonds is 4. The van der Waals surface area contributed by atoms with Crippen LogP contribution in [0.25, 0.3) is 0 Å². The summed E-state index contributed by atoms with van der Waals surface area (Å²) in [6, 6.07) is 1.60. The molecule has 1 rings (SSSR count). The standard InChI is InChI=1S/C10H16N2O2/c1-7(2)4-5-12-8(3)6-9(11-12)10(13)14/h6-7H,4-5H2,1-3H3,(H,13,14). The monoisotopic (exact) mass is 196 g/mol. The van der Waals surface area contributed by atoms with Crippen LogP contribution in [0.15, 0.2) is 6.07 Å². The van der Waals surface area contributed by atoms with Gasteiger partial charge in [0.2, 0.25) is 0 Å². The summed E-state index contributed by atoms with van der Waals surface area (Å²) in [4.78, 5) is 10.6. The van der Waals surface area contributed by atoms with Gasteiger partial charge >= 0.3 is 5.97 Å². The molecule has 0 aromatic carbocycles. The molecule has 0 saturated carbocycles. The fourth-order valence-electron chi connectivity index (χ4n) is 1.22. The Kier molecular flexibility index (Phi) is 3.28. The predicted molar refractivity (Wildman–Crippen MR) is 53.4 cm³/mol. The van der Waals surface area contributed by atoms with Crippen LogP contribution in [-0.4, -0.2) is 20.9 Å². The molecular weight excluding hydrogens is 180 g/mol. The molecule has 0 fully saturated rings. The maximum atomic E-state index is 10.6. The van der Waals surface area contributed by atoms with Crippen molar-refractivity contribution in [3.8, 4) is 0 Å². The molecular formula is C10H16N2O2. The highest BCUT2D eigenvalue weighted by Crippen LogP contribution is 2.07. The highest BCUT2D eigenvalue weighted by atomic mass is 16.4. The number of carboxylic acids is 1. The fraction of sp³-hybridized carbons (Fsp3) is 0.600. The van der Waals surface area contributed by atoms with E-state index in [-0.39, 0.29) is 5.69 Å². The molecule has 4 nitrogen and oxygen atoms in total. The average Bonchev–Trinajstić information content (AvgIpc) is 2.43. The van der Waals surface area contributed by atoms with Crippen molar-refractivity contribution in [1.82, 2.24) is 9.78 Å². The first-order chi connectivity index (χ1) is 6.50. The second-order valence-electron chi connectivity index (χ2n) is 3.88. The van der Waals surface area contributed by atoms with Crippen LogP contribution in [0.2, 0.25) is 0 Å². The number of hydrogen-bond acceptors (Lipinski definition) is 2. The van der Waals surface area contributed by atoms with Gasteiger partial charge in [-0.3, -0.25) is 4.68 Å². The average molecular weight is 196 g/mol. The zero-order chi connectivity index (χ0) is 10.7. The van der Waals surface area contributed by atoms with Crippen molar-refractivity contribution in [2.24, 2.45) is 5.92 Å². The van der Waals surface area contributed by atoms with Crippen molar-refractivity contribution in [2.45, 2.75) is 33.7 Å². The molecule has 78 valence electrons. The van der Waals surface area contributed by atoms with Gasteiger partial charge in [-0.1, -0.05) is 13.8 Å². The summed E-state index contributed by atoms with van der Waals surface area (Å²) >= 11 is 0. The van der Waals surface area contributed by atoms with Gasteiger partial charge in [0.15, 0.2) is 5.69 Å². The molecule has 4 heteroatoms. The molecule has 0 radical (unpaired) electrons. The maximum absolute atomic E-state index is 10.6. The SMILES string of the molecule is Cc1cc(C(=O)O)nn1CCC(C)C. The van der Waals surface area contributed by atoms with Gasteiger partial charge in [0.25, 0.3) is 0 Å². The summed E-state index contributed by atoms with van der Waals surface area (Å²) in [5.74, 6) is -0.358. The summed E-state index contributed by atoms with van der Waals surface area (Å²) in [5, 5.41) is 12.7. The molecule has 0 aliphatic heterocycles. The van der Waals surface area contributed by atoms with Crippen molar-refractivity contribution in [3.05, 3.63) is 17.5 Å². The zero-order valence-electron chi connectivity index (χ0n) is 8.82. The normalized spacial score (nSPS) is 10.9. The molecule has 0 aliphatic rings. The minimum absolute atomic E-state index is 0.131. The molecule has 0 spiro atoms. The Bertz CT molecular complexity index is 329. The van der Waals surface area contributed by atoms with E-state index in [9.17, 15) is 4.79 Å². The molecule has 1 aromatic heterocycles. The van der Waals surface area contributed by atoms with Crippen LogP contribution in [0.5, 0.6) is 0 Å². The molecule has 0 aliphatic carbocycles. The van der Waals surface area contributed by atoms with Crippen molar-refractivity contribution in [1.29, 1.82) is 0 Å². The second-order valence-corrected chi connectivity index (χ2v) is 3.88. The van der Waals surface area contributed by atoms with E-state index in [0.29, 0.717) is 5.92 Å².